The summed E-state index contributed by atoms with van der Waals surface area (Å²) >= 11 is 0. The zero-order valence-electron chi connectivity index (χ0n) is 21.0. The summed E-state index contributed by atoms with van der Waals surface area (Å²) in [5.74, 6) is -0.0187. The molecule has 4 heterocycles. The predicted octanol–water partition coefficient (Wildman–Crippen LogP) is 3.45. The third-order valence-corrected chi connectivity index (χ3v) is 6.76. The van der Waals surface area contributed by atoms with Crippen LogP contribution in [-0.4, -0.2) is 76.1 Å². The van der Waals surface area contributed by atoms with Crippen LogP contribution in [0.2, 0.25) is 0 Å². The standard InChI is InChI=1S/C27H30FN7O2/c1-3-34-10-12-35(13-11-34)9-8-18-4-6-19(7-5-18)31-26-25-20(21(28)15-30-27(25)36)14-22(33-26)23-16-29-17-24(32-23)37-2/h4-7,14-17H,3,8-13H2,1-2H3,(H,30,36)(H,31,33). The number of nitrogens with one attached hydrogen (secondary N) is 2. The minimum Gasteiger partial charge on any atom is -0.480 e. The van der Waals surface area contributed by atoms with E-state index in [0.717, 1.165) is 57.6 Å². The molecule has 1 aliphatic rings. The van der Waals surface area contributed by atoms with Crippen LogP contribution in [0, 0.1) is 5.82 Å². The molecule has 0 atom stereocenters. The van der Waals surface area contributed by atoms with Gasteiger partial charge in [-0.05, 0) is 36.7 Å². The molecule has 192 valence electrons. The van der Waals surface area contributed by atoms with Gasteiger partial charge in [0.2, 0.25) is 5.88 Å². The number of fused-ring (bicyclic) bond motifs is 1. The van der Waals surface area contributed by atoms with Crippen molar-refractivity contribution in [3.05, 3.63) is 70.7 Å². The van der Waals surface area contributed by atoms with E-state index in [2.05, 4.69) is 54.1 Å². The molecule has 3 aromatic heterocycles. The third kappa shape index (κ3) is 5.60. The first-order chi connectivity index (χ1) is 18.0. The Bertz CT molecular complexity index is 1430. The quantitative estimate of drug-likeness (QED) is 0.377. The van der Waals surface area contributed by atoms with Gasteiger partial charge in [-0.15, -0.1) is 0 Å². The van der Waals surface area contributed by atoms with Gasteiger partial charge in [0, 0.05) is 50.0 Å². The van der Waals surface area contributed by atoms with Crippen LogP contribution in [0.25, 0.3) is 22.2 Å². The maximum atomic E-state index is 14.8. The van der Waals surface area contributed by atoms with Crippen LogP contribution >= 0.6 is 0 Å². The number of hydrogen-bond donors (Lipinski definition) is 2. The van der Waals surface area contributed by atoms with Gasteiger partial charge in [0.05, 0.1) is 30.6 Å². The van der Waals surface area contributed by atoms with Gasteiger partial charge in [0.1, 0.15) is 17.3 Å². The Labute approximate surface area is 214 Å². The fourth-order valence-electron chi connectivity index (χ4n) is 4.54. The van der Waals surface area contributed by atoms with Crippen molar-refractivity contribution in [3.63, 3.8) is 0 Å². The molecule has 0 saturated carbocycles. The number of H-pyrrole nitrogens is 1. The molecule has 10 heteroatoms. The Morgan fingerprint density at radius 2 is 1.81 bits per heavy atom. The van der Waals surface area contributed by atoms with Crippen molar-refractivity contribution in [2.24, 2.45) is 0 Å². The van der Waals surface area contributed by atoms with Crippen molar-refractivity contribution in [1.82, 2.24) is 29.7 Å². The summed E-state index contributed by atoms with van der Waals surface area (Å²) in [6.45, 7) is 8.80. The van der Waals surface area contributed by atoms with E-state index in [1.54, 1.807) is 0 Å². The number of nitrogens with zero attached hydrogens (tertiary/aromatic N) is 5. The smallest absolute Gasteiger partial charge is 0.259 e. The molecule has 0 unspecified atom stereocenters. The summed E-state index contributed by atoms with van der Waals surface area (Å²) in [4.78, 5) is 33.2. The van der Waals surface area contributed by atoms with Gasteiger partial charge in [-0.2, -0.15) is 0 Å². The molecule has 0 radical (unpaired) electrons. The zero-order valence-corrected chi connectivity index (χ0v) is 21.0. The number of piperazine rings is 1. The number of likely N-dealkylation sites (N-methyl/N-ethyl adjacent to an activating group) is 1. The summed E-state index contributed by atoms with van der Waals surface area (Å²) in [5, 5.41) is 3.48. The van der Waals surface area contributed by atoms with Crippen LogP contribution in [0.15, 0.2) is 53.7 Å². The maximum absolute atomic E-state index is 14.8. The lowest BCUT2D eigenvalue weighted by Gasteiger charge is -2.34. The molecule has 1 fully saturated rings. The monoisotopic (exact) mass is 503 g/mol. The number of aromatic amines is 1. The second kappa shape index (κ2) is 11.0. The molecular formula is C27H30FN7O2. The second-order valence-corrected chi connectivity index (χ2v) is 9.04. The molecule has 1 saturated heterocycles. The molecular weight excluding hydrogens is 473 g/mol. The van der Waals surface area contributed by atoms with Crippen LogP contribution in [0.4, 0.5) is 15.9 Å². The average Bonchev–Trinajstić information content (AvgIpc) is 2.94. The molecule has 0 amide bonds. The normalized spacial score (nSPS) is 14.7. The number of pyridine rings is 2. The fraction of sp³-hybridized carbons (Fsp3) is 0.333. The number of rotatable bonds is 8. The van der Waals surface area contributed by atoms with E-state index in [-0.39, 0.29) is 16.6 Å². The van der Waals surface area contributed by atoms with Crippen molar-refractivity contribution >= 4 is 22.3 Å². The summed E-state index contributed by atoms with van der Waals surface area (Å²) in [6, 6.07) is 9.52. The number of anilines is 2. The molecule has 1 aromatic carbocycles. The van der Waals surface area contributed by atoms with Gasteiger partial charge in [-0.25, -0.2) is 14.4 Å². The van der Waals surface area contributed by atoms with Gasteiger partial charge >= 0.3 is 0 Å². The number of aromatic nitrogens is 4. The summed E-state index contributed by atoms with van der Waals surface area (Å²) in [5.41, 5.74) is 2.30. The topological polar surface area (TPSA) is 99.3 Å². The van der Waals surface area contributed by atoms with Crippen molar-refractivity contribution in [2.75, 3.05) is 51.7 Å². The molecule has 1 aliphatic heterocycles. The van der Waals surface area contributed by atoms with E-state index in [1.165, 1.54) is 31.1 Å². The molecule has 37 heavy (non-hydrogen) atoms. The van der Waals surface area contributed by atoms with Gasteiger partial charge in [-0.1, -0.05) is 19.1 Å². The molecule has 5 rings (SSSR count). The van der Waals surface area contributed by atoms with Crippen molar-refractivity contribution in [1.29, 1.82) is 0 Å². The van der Waals surface area contributed by atoms with E-state index in [4.69, 9.17) is 4.74 Å². The maximum Gasteiger partial charge on any atom is 0.259 e. The molecule has 0 bridgehead atoms. The molecule has 4 aromatic rings. The predicted molar refractivity (Wildman–Crippen MR) is 142 cm³/mol. The molecule has 0 spiro atoms. The average molecular weight is 504 g/mol. The summed E-state index contributed by atoms with van der Waals surface area (Å²) < 4.78 is 19.9. The minimum absolute atomic E-state index is 0.134. The van der Waals surface area contributed by atoms with E-state index in [0.29, 0.717) is 17.3 Å². The van der Waals surface area contributed by atoms with Crippen molar-refractivity contribution in [2.45, 2.75) is 13.3 Å². The minimum atomic E-state index is -0.563. The molecule has 0 aliphatic carbocycles. The Balaban J connectivity index is 1.38. The third-order valence-electron chi connectivity index (χ3n) is 6.76. The number of benzene rings is 1. The highest BCUT2D eigenvalue weighted by atomic mass is 19.1. The highest BCUT2D eigenvalue weighted by Crippen LogP contribution is 2.29. The fourth-order valence-corrected chi connectivity index (χ4v) is 4.54. The van der Waals surface area contributed by atoms with Gasteiger partial charge in [0.15, 0.2) is 0 Å². The van der Waals surface area contributed by atoms with Crippen LogP contribution in [-0.2, 0) is 6.42 Å². The first-order valence-electron chi connectivity index (χ1n) is 12.4. The Morgan fingerprint density at radius 1 is 1.05 bits per heavy atom. The molecule has 2 N–H and O–H groups in total. The largest absolute Gasteiger partial charge is 0.480 e. The van der Waals surface area contributed by atoms with Crippen LogP contribution in [0.1, 0.15) is 12.5 Å². The lowest BCUT2D eigenvalue weighted by Crippen LogP contribution is -2.46. The Kier molecular flexibility index (Phi) is 7.38. The number of halogens is 1. The van der Waals surface area contributed by atoms with E-state index < -0.39 is 11.4 Å². The lowest BCUT2D eigenvalue weighted by atomic mass is 10.1. The summed E-state index contributed by atoms with van der Waals surface area (Å²) in [7, 11) is 1.49. The zero-order chi connectivity index (χ0) is 25.8. The van der Waals surface area contributed by atoms with Gasteiger partial charge in [-0.3, -0.25) is 9.78 Å². The van der Waals surface area contributed by atoms with Crippen molar-refractivity contribution in [3.8, 4) is 17.3 Å². The number of ether oxygens (including phenoxy) is 1. The highest BCUT2D eigenvalue weighted by molar-refractivity contribution is 5.95. The lowest BCUT2D eigenvalue weighted by molar-refractivity contribution is 0.138. The van der Waals surface area contributed by atoms with Crippen LogP contribution in [0.5, 0.6) is 5.88 Å². The number of hydrogen-bond acceptors (Lipinski definition) is 8. The van der Waals surface area contributed by atoms with Crippen molar-refractivity contribution < 1.29 is 9.13 Å². The first kappa shape index (κ1) is 24.8. The van der Waals surface area contributed by atoms with Gasteiger partial charge in [0.25, 0.3) is 5.56 Å². The van der Waals surface area contributed by atoms with E-state index in [1.807, 2.05) is 12.1 Å². The van der Waals surface area contributed by atoms with Gasteiger partial charge < -0.3 is 24.8 Å². The summed E-state index contributed by atoms with van der Waals surface area (Å²) in [6.07, 6.45) is 5.00. The van der Waals surface area contributed by atoms with E-state index in [9.17, 15) is 9.18 Å². The highest BCUT2D eigenvalue weighted by Gasteiger charge is 2.17. The molecule has 9 nitrogen and oxygen atoms in total. The van der Waals surface area contributed by atoms with Crippen LogP contribution < -0.4 is 15.6 Å². The SMILES string of the molecule is CCN1CCN(CCc2ccc(Nc3nc(-c4cncc(OC)n4)cc4c(F)c[nH]c(=O)c34)cc2)CC1. The Morgan fingerprint density at radius 3 is 2.54 bits per heavy atom. The second-order valence-electron chi connectivity index (χ2n) is 9.04. The Hall–Kier alpha value is -3.89. The van der Waals surface area contributed by atoms with Crippen LogP contribution in [0.3, 0.4) is 0 Å². The first-order valence-corrected chi connectivity index (χ1v) is 12.4. The number of methoxy groups -OCH3 is 1. The van der Waals surface area contributed by atoms with E-state index >= 15 is 0 Å².